The zero-order valence-electron chi connectivity index (χ0n) is 8.59. The van der Waals surface area contributed by atoms with Gasteiger partial charge in [0.05, 0.1) is 5.69 Å². The first-order valence-corrected chi connectivity index (χ1v) is 6.00. The van der Waals surface area contributed by atoms with E-state index in [1.807, 2.05) is 0 Å². The van der Waals surface area contributed by atoms with Crippen molar-refractivity contribution in [1.82, 2.24) is 9.97 Å². The number of halogens is 1. The molecule has 0 atom stereocenters. The summed E-state index contributed by atoms with van der Waals surface area (Å²) in [6.07, 6.45) is 5.93. The van der Waals surface area contributed by atoms with Crippen LogP contribution in [0, 0.1) is 5.92 Å². The van der Waals surface area contributed by atoms with Crippen LogP contribution in [0.4, 0.5) is 5.95 Å². The minimum Gasteiger partial charge on any atom is -0.354 e. The Morgan fingerprint density at radius 2 is 2.13 bits per heavy atom. The minimum absolute atomic E-state index is 0.649. The molecule has 1 saturated carbocycles. The average Bonchev–Trinajstić information content (AvgIpc) is 2.93. The van der Waals surface area contributed by atoms with Gasteiger partial charge in [-0.15, -0.1) is 0 Å². The van der Waals surface area contributed by atoms with Gasteiger partial charge in [-0.1, -0.05) is 11.6 Å². The highest BCUT2D eigenvalue weighted by Gasteiger charge is 2.22. The van der Waals surface area contributed by atoms with Gasteiger partial charge in [0.25, 0.3) is 0 Å². The first-order chi connectivity index (χ1) is 7.33. The Bertz CT molecular complexity index is 388. The van der Waals surface area contributed by atoms with E-state index in [1.54, 1.807) is 0 Å². The van der Waals surface area contributed by atoms with E-state index in [0.29, 0.717) is 11.1 Å². The summed E-state index contributed by atoms with van der Waals surface area (Å²) >= 11 is 6.11. The van der Waals surface area contributed by atoms with Gasteiger partial charge in [0.15, 0.2) is 0 Å². The Kier molecular flexibility index (Phi) is 2.28. The molecule has 1 aromatic heterocycles. The zero-order valence-corrected chi connectivity index (χ0v) is 9.35. The van der Waals surface area contributed by atoms with Crippen LogP contribution in [-0.2, 0) is 12.8 Å². The summed E-state index contributed by atoms with van der Waals surface area (Å²) in [6.45, 7) is 0.995. The molecular weight excluding hydrogens is 210 g/mol. The minimum atomic E-state index is 0.649. The SMILES string of the molecule is Clc1nc(NCC2CC2)nc2c1CCC2. The second kappa shape index (κ2) is 3.63. The van der Waals surface area contributed by atoms with Crippen molar-refractivity contribution in [3.63, 3.8) is 0 Å². The van der Waals surface area contributed by atoms with Crippen molar-refractivity contribution in [3.8, 4) is 0 Å². The molecule has 0 aliphatic heterocycles. The van der Waals surface area contributed by atoms with Crippen molar-refractivity contribution < 1.29 is 0 Å². The van der Waals surface area contributed by atoms with Crippen LogP contribution >= 0.6 is 11.6 Å². The number of rotatable bonds is 3. The molecule has 4 heteroatoms. The Labute approximate surface area is 94.3 Å². The number of aromatic nitrogens is 2. The van der Waals surface area contributed by atoms with Crippen molar-refractivity contribution in [1.29, 1.82) is 0 Å². The van der Waals surface area contributed by atoms with E-state index in [1.165, 1.54) is 12.8 Å². The van der Waals surface area contributed by atoms with E-state index < -0.39 is 0 Å². The third-order valence-electron chi connectivity index (χ3n) is 3.13. The quantitative estimate of drug-likeness (QED) is 0.800. The Morgan fingerprint density at radius 3 is 2.93 bits per heavy atom. The predicted molar refractivity (Wildman–Crippen MR) is 60.3 cm³/mol. The predicted octanol–water partition coefficient (Wildman–Crippen LogP) is 2.44. The maximum absolute atomic E-state index is 6.11. The van der Waals surface area contributed by atoms with Gasteiger partial charge in [-0.25, -0.2) is 9.97 Å². The molecule has 0 bridgehead atoms. The van der Waals surface area contributed by atoms with Crippen LogP contribution in [0.5, 0.6) is 0 Å². The largest absolute Gasteiger partial charge is 0.354 e. The molecule has 0 saturated heterocycles. The second-order valence-electron chi connectivity index (χ2n) is 4.44. The molecule has 3 rings (SSSR count). The van der Waals surface area contributed by atoms with Crippen LogP contribution < -0.4 is 5.32 Å². The molecule has 1 aromatic rings. The van der Waals surface area contributed by atoms with Crippen molar-refractivity contribution in [3.05, 3.63) is 16.4 Å². The van der Waals surface area contributed by atoms with E-state index in [9.17, 15) is 0 Å². The van der Waals surface area contributed by atoms with Crippen LogP contribution in [0.3, 0.4) is 0 Å². The number of fused-ring (bicyclic) bond motifs is 1. The molecular formula is C11H14ClN3. The van der Waals surface area contributed by atoms with Crippen LogP contribution in [0.15, 0.2) is 0 Å². The summed E-state index contributed by atoms with van der Waals surface area (Å²) in [5, 5.41) is 3.92. The van der Waals surface area contributed by atoms with E-state index in [2.05, 4.69) is 15.3 Å². The monoisotopic (exact) mass is 223 g/mol. The van der Waals surface area contributed by atoms with Crippen molar-refractivity contribution in [2.75, 3.05) is 11.9 Å². The van der Waals surface area contributed by atoms with Crippen molar-refractivity contribution >= 4 is 17.5 Å². The summed E-state index contributed by atoms with van der Waals surface area (Å²) in [5.41, 5.74) is 2.31. The summed E-state index contributed by atoms with van der Waals surface area (Å²) in [5.74, 6) is 1.55. The maximum atomic E-state index is 6.11. The number of nitrogens with one attached hydrogen (secondary N) is 1. The molecule has 0 unspecified atom stereocenters. The van der Waals surface area contributed by atoms with Crippen LogP contribution in [-0.4, -0.2) is 16.5 Å². The first kappa shape index (κ1) is 9.40. The van der Waals surface area contributed by atoms with Crippen LogP contribution in [0.1, 0.15) is 30.5 Å². The lowest BCUT2D eigenvalue weighted by Crippen LogP contribution is -2.08. The Balaban J connectivity index is 1.79. The Hall–Kier alpha value is -0.830. The molecule has 1 heterocycles. The number of aryl methyl sites for hydroxylation is 1. The van der Waals surface area contributed by atoms with Gasteiger partial charge in [-0.05, 0) is 38.0 Å². The zero-order chi connectivity index (χ0) is 10.3. The third kappa shape index (κ3) is 1.93. The van der Waals surface area contributed by atoms with Gasteiger partial charge < -0.3 is 5.32 Å². The second-order valence-corrected chi connectivity index (χ2v) is 4.80. The molecule has 15 heavy (non-hydrogen) atoms. The lowest BCUT2D eigenvalue weighted by molar-refractivity contribution is 0.866. The first-order valence-electron chi connectivity index (χ1n) is 5.62. The molecule has 0 spiro atoms. The highest BCUT2D eigenvalue weighted by atomic mass is 35.5. The van der Waals surface area contributed by atoms with Crippen LogP contribution in [0.2, 0.25) is 5.15 Å². The number of anilines is 1. The fourth-order valence-corrected chi connectivity index (χ4v) is 2.31. The number of nitrogens with zero attached hydrogens (tertiary/aromatic N) is 2. The number of hydrogen-bond donors (Lipinski definition) is 1. The summed E-state index contributed by atoms with van der Waals surface area (Å²) < 4.78 is 0. The van der Waals surface area contributed by atoms with E-state index in [0.717, 1.165) is 43.0 Å². The van der Waals surface area contributed by atoms with Gasteiger partial charge in [0, 0.05) is 12.1 Å². The van der Waals surface area contributed by atoms with E-state index >= 15 is 0 Å². The topological polar surface area (TPSA) is 37.8 Å². The van der Waals surface area contributed by atoms with Gasteiger partial charge in [0.2, 0.25) is 5.95 Å². The van der Waals surface area contributed by atoms with Crippen molar-refractivity contribution in [2.24, 2.45) is 5.92 Å². The average molecular weight is 224 g/mol. The maximum Gasteiger partial charge on any atom is 0.224 e. The normalized spacial score (nSPS) is 19.0. The molecule has 2 aliphatic carbocycles. The molecule has 3 nitrogen and oxygen atoms in total. The molecule has 0 radical (unpaired) electrons. The third-order valence-corrected chi connectivity index (χ3v) is 3.44. The molecule has 0 amide bonds. The van der Waals surface area contributed by atoms with Crippen molar-refractivity contribution in [2.45, 2.75) is 32.1 Å². The van der Waals surface area contributed by atoms with E-state index in [4.69, 9.17) is 11.6 Å². The summed E-state index contributed by atoms with van der Waals surface area (Å²) in [4.78, 5) is 8.79. The molecule has 2 aliphatic rings. The Morgan fingerprint density at radius 1 is 1.27 bits per heavy atom. The number of hydrogen-bond acceptors (Lipinski definition) is 3. The van der Waals surface area contributed by atoms with Gasteiger partial charge >= 0.3 is 0 Å². The van der Waals surface area contributed by atoms with Gasteiger partial charge in [-0.2, -0.15) is 0 Å². The molecule has 1 fully saturated rings. The fourth-order valence-electron chi connectivity index (χ4n) is 2.02. The molecule has 0 aromatic carbocycles. The van der Waals surface area contributed by atoms with Gasteiger partial charge in [-0.3, -0.25) is 0 Å². The highest BCUT2D eigenvalue weighted by Crippen LogP contribution is 2.30. The standard InChI is InChI=1S/C11H14ClN3/c12-10-8-2-1-3-9(8)14-11(15-10)13-6-7-4-5-7/h7H,1-6H2,(H,13,14,15). The highest BCUT2D eigenvalue weighted by molar-refractivity contribution is 6.30. The molecule has 80 valence electrons. The van der Waals surface area contributed by atoms with Gasteiger partial charge in [0.1, 0.15) is 5.15 Å². The van der Waals surface area contributed by atoms with Crippen LogP contribution in [0.25, 0.3) is 0 Å². The smallest absolute Gasteiger partial charge is 0.224 e. The lowest BCUT2D eigenvalue weighted by atomic mass is 10.3. The lowest BCUT2D eigenvalue weighted by Gasteiger charge is -2.07. The fraction of sp³-hybridized carbons (Fsp3) is 0.636. The summed E-state index contributed by atoms with van der Waals surface area (Å²) in [6, 6.07) is 0. The summed E-state index contributed by atoms with van der Waals surface area (Å²) in [7, 11) is 0. The molecule has 1 N–H and O–H groups in total. The van der Waals surface area contributed by atoms with E-state index in [-0.39, 0.29) is 0 Å².